The highest BCUT2D eigenvalue weighted by atomic mass is 32.1. The molecule has 1 aromatic heterocycles. The Balaban J connectivity index is 0.000000246. The zero-order valence-corrected chi connectivity index (χ0v) is 27.6. The molecule has 0 fully saturated rings. The zero-order valence-electron chi connectivity index (χ0n) is 26.8. The van der Waals surface area contributed by atoms with Gasteiger partial charge in [-0.05, 0) is 62.4 Å². The molecule has 43 heavy (non-hydrogen) atoms. The number of rotatable bonds is 10. The van der Waals surface area contributed by atoms with E-state index in [4.69, 9.17) is 0 Å². The Bertz CT molecular complexity index is 1380. The topological polar surface area (TPSA) is 74.3 Å². The molecule has 1 heterocycles. The third kappa shape index (κ3) is 14.3. The van der Waals surface area contributed by atoms with Gasteiger partial charge in [0.25, 0.3) is 5.91 Å². The van der Waals surface area contributed by atoms with Crippen molar-refractivity contribution in [3.63, 3.8) is 0 Å². The van der Waals surface area contributed by atoms with Crippen LogP contribution in [0.3, 0.4) is 0 Å². The predicted molar refractivity (Wildman–Crippen MR) is 181 cm³/mol. The van der Waals surface area contributed by atoms with Crippen molar-refractivity contribution < 1.29 is 9.59 Å². The monoisotopic (exact) mass is 600 g/mol. The van der Waals surface area contributed by atoms with Gasteiger partial charge in [-0.2, -0.15) is 0 Å². The molecule has 0 unspecified atom stereocenters. The van der Waals surface area contributed by atoms with Crippen LogP contribution in [0.15, 0.2) is 84.2 Å². The largest absolute Gasteiger partial charge is 0.359 e. The van der Waals surface area contributed by atoms with Crippen LogP contribution in [0.25, 0.3) is 0 Å². The minimum Gasteiger partial charge on any atom is -0.359 e. The second-order valence-electron chi connectivity index (χ2n) is 11.6. The molecule has 230 valence electrons. The summed E-state index contributed by atoms with van der Waals surface area (Å²) in [5.41, 5.74) is 7.03. The Morgan fingerprint density at radius 1 is 0.907 bits per heavy atom. The van der Waals surface area contributed by atoms with Crippen molar-refractivity contribution in [3.8, 4) is 0 Å². The fraction of sp³-hybridized carbons (Fsp3) is 0.361. The maximum Gasteiger partial charge on any atom is 0.253 e. The number of hydrogen-bond acceptors (Lipinski definition) is 5. The molecule has 3 aromatic carbocycles. The minimum atomic E-state index is 0.0338. The molecular weight excluding hydrogens is 552 g/mol. The van der Waals surface area contributed by atoms with Crippen LogP contribution in [0.5, 0.6) is 0 Å². The fourth-order valence-electron chi connectivity index (χ4n) is 4.04. The van der Waals surface area contributed by atoms with Gasteiger partial charge in [-0.15, -0.1) is 11.3 Å². The molecule has 7 heteroatoms. The van der Waals surface area contributed by atoms with Crippen LogP contribution in [-0.2, 0) is 23.3 Å². The van der Waals surface area contributed by atoms with E-state index in [0.717, 1.165) is 54.3 Å². The van der Waals surface area contributed by atoms with Crippen LogP contribution in [-0.4, -0.2) is 42.3 Å². The van der Waals surface area contributed by atoms with Crippen molar-refractivity contribution in [3.05, 3.63) is 123 Å². The SMILES string of the molecule is CC(C)(C)c1cccc(CNCCCNC=O)c1.Cc1cccc(C(=O)N(C)Cc2nc(C)cs2)c1.Cc1ccccc1. The molecule has 0 spiro atoms. The van der Waals surface area contributed by atoms with Crippen LogP contribution in [0.2, 0.25) is 0 Å². The van der Waals surface area contributed by atoms with E-state index in [9.17, 15) is 9.59 Å². The first-order chi connectivity index (χ1) is 20.5. The smallest absolute Gasteiger partial charge is 0.253 e. The molecule has 0 saturated carbocycles. The second kappa shape index (κ2) is 18.7. The van der Waals surface area contributed by atoms with Crippen molar-refractivity contribution in [1.29, 1.82) is 0 Å². The number of nitrogens with one attached hydrogen (secondary N) is 2. The van der Waals surface area contributed by atoms with E-state index in [1.165, 1.54) is 16.7 Å². The van der Waals surface area contributed by atoms with Crippen molar-refractivity contribution in [2.45, 2.75) is 66.5 Å². The highest BCUT2D eigenvalue weighted by Gasteiger charge is 2.14. The molecule has 0 atom stereocenters. The van der Waals surface area contributed by atoms with E-state index in [1.807, 2.05) is 61.7 Å². The van der Waals surface area contributed by atoms with E-state index in [1.54, 1.807) is 23.3 Å². The molecule has 2 N–H and O–H groups in total. The second-order valence-corrected chi connectivity index (χ2v) is 12.6. The summed E-state index contributed by atoms with van der Waals surface area (Å²) < 4.78 is 0. The van der Waals surface area contributed by atoms with Crippen LogP contribution in [0, 0.1) is 20.8 Å². The maximum absolute atomic E-state index is 12.2. The van der Waals surface area contributed by atoms with Gasteiger partial charge in [-0.25, -0.2) is 4.98 Å². The molecule has 0 bridgehead atoms. The number of aryl methyl sites for hydroxylation is 3. The molecule has 6 nitrogen and oxygen atoms in total. The van der Waals surface area contributed by atoms with Crippen LogP contribution in [0.1, 0.15) is 70.5 Å². The van der Waals surface area contributed by atoms with Gasteiger partial charge < -0.3 is 15.5 Å². The molecule has 0 radical (unpaired) electrons. The van der Waals surface area contributed by atoms with Gasteiger partial charge in [0, 0.05) is 36.8 Å². The van der Waals surface area contributed by atoms with E-state index >= 15 is 0 Å². The van der Waals surface area contributed by atoms with Crippen LogP contribution < -0.4 is 10.6 Å². The summed E-state index contributed by atoms with van der Waals surface area (Å²) in [5, 5.41) is 9.01. The first-order valence-corrected chi connectivity index (χ1v) is 15.6. The maximum atomic E-state index is 12.2. The average Bonchev–Trinajstić information content (AvgIpc) is 3.39. The summed E-state index contributed by atoms with van der Waals surface area (Å²) in [6, 6.07) is 26.6. The Morgan fingerprint density at radius 2 is 1.60 bits per heavy atom. The summed E-state index contributed by atoms with van der Waals surface area (Å²) in [6.07, 6.45) is 1.70. The first kappa shape index (κ1) is 35.4. The molecule has 2 amide bonds. The number of hydrogen-bond donors (Lipinski definition) is 2. The molecule has 0 aliphatic carbocycles. The summed E-state index contributed by atoms with van der Waals surface area (Å²) in [6.45, 7) is 15.8. The van der Waals surface area contributed by atoms with Crippen LogP contribution in [0.4, 0.5) is 0 Å². The molecule has 4 rings (SSSR count). The van der Waals surface area contributed by atoms with Crippen molar-refractivity contribution in [2.75, 3.05) is 20.1 Å². The van der Waals surface area contributed by atoms with Gasteiger partial charge in [0.15, 0.2) is 0 Å². The lowest BCUT2D eigenvalue weighted by Crippen LogP contribution is -2.26. The summed E-state index contributed by atoms with van der Waals surface area (Å²) in [7, 11) is 1.81. The average molecular weight is 601 g/mol. The van der Waals surface area contributed by atoms with Crippen LogP contribution >= 0.6 is 11.3 Å². The normalized spacial score (nSPS) is 10.5. The summed E-state index contributed by atoms with van der Waals surface area (Å²) in [4.78, 5) is 28.3. The number of nitrogens with zero attached hydrogens (tertiary/aromatic N) is 2. The molecule has 4 aromatic rings. The number of amides is 2. The lowest BCUT2D eigenvalue weighted by atomic mass is 9.86. The lowest BCUT2D eigenvalue weighted by molar-refractivity contribution is -0.109. The van der Waals surface area contributed by atoms with Gasteiger partial charge in [-0.3, -0.25) is 9.59 Å². The van der Waals surface area contributed by atoms with Crippen molar-refractivity contribution in [1.82, 2.24) is 20.5 Å². The van der Waals surface area contributed by atoms with Crippen molar-refractivity contribution in [2.24, 2.45) is 0 Å². The third-order valence-corrected chi connectivity index (χ3v) is 7.42. The number of benzene rings is 3. The summed E-state index contributed by atoms with van der Waals surface area (Å²) >= 11 is 1.59. The van der Waals surface area contributed by atoms with Crippen molar-refractivity contribution >= 4 is 23.7 Å². The standard InChI is InChI=1S/C15H24N2O.C14H16N2OS.C7H8/c1-15(2,3)14-7-4-6-13(10-14)11-16-8-5-9-17-12-18;1-10-5-4-6-12(7-10)14(17)16(3)8-13-15-11(2)9-18-13;1-7-5-3-2-4-6-7/h4,6-7,10,12,16H,5,8-9,11H2,1-3H3,(H,17,18);4-7,9H,8H2,1-3H3;2-6H,1H3. The highest BCUT2D eigenvalue weighted by molar-refractivity contribution is 7.09. The number of carbonyl (C=O) groups excluding carboxylic acids is 2. The Hall–Kier alpha value is -3.81. The van der Waals surface area contributed by atoms with Gasteiger partial charge in [-0.1, -0.05) is 98.6 Å². The molecule has 0 aliphatic heterocycles. The molecular formula is C36H48N4O2S. The minimum absolute atomic E-state index is 0.0338. The quantitative estimate of drug-likeness (QED) is 0.149. The van der Waals surface area contributed by atoms with Gasteiger partial charge in [0.1, 0.15) is 5.01 Å². The molecule has 0 aliphatic rings. The predicted octanol–water partition coefficient (Wildman–Crippen LogP) is 7.24. The lowest BCUT2D eigenvalue weighted by Gasteiger charge is -2.19. The van der Waals surface area contributed by atoms with Gasteiger partial charge >= 0.3 is 0 Å². The van der Waals surface area contributed by atoms with Gasteiger partial charge in [0.05, 0.1) is 6.54 Å². The number of carbonyl (C=O) groups is 2. The Kier molecular flexibility index (Phi) is 15.4. The zero-order chi connectivity index (χ0) is 31.7. The number of thiazole rings is 1. The van der Waals surface area contributed by atoms with E-state index in [-0.39, 0.29) is 11.3 Å². The van der Waals surface area contributed by atoms with E-state index in [2.05, 4.69) is 79.7 Å². The summed E-state index contributed by atoms with van der Waals surface area (Å²) in [5.74, 6) is 0.0338. The Labute approximate surface area is 262 Å². The van der Waals surface area contributed by atoms with Gasteiger partial charge in [0.2, 0.25) is 6.41 Å². The third-order valence-electron chi connectivity index (χ3n) is 6.47. The number of aromatic nitrogens is 1. The van der Waals surface area contributed by atoms with E-state index in [0.29, 0.717) is 6.54 Å². The fourth-order valence-corrected chi connectivity index (χ4v) is 4.86. The first-order valence-electron chi connectivity index (χ1n) is 14.7. The highest BCUT2D eigenvalue weighted by Crippen LogP contribution is 2.22. The molecule has 0 saturated heterocycles. The Morgan fingerprint density at radius 3 is 2.19 bits per heavy atom. The van der Waals surface area contributed by atoms with E-state index < -0.39 is 0 Å².